The third-order valence-electron chi connectivity index (χ3n) is 3.95. The zero-order chi connectivity index (χ0) is 17.3. The first kappa shape index (κ1) is 19.6. The highest BCUT2D eigenvalue weighted by atomic mass is 35.5. The Hall–Kier alpha value is -1.68. The minimum atomic E-state index is -3.40. The molecule has 1 aromatic heterocycles. The Bertz CT molecular complexity index is 839. The summed E-state index contributed by atoms with van der Waals surface area (Å²) in [6.07, 6.45) is 1.11. The highest BCUT2D eigenvalue weighted by Crippen LogP contribution is 2.30. The van der Waals surface area contributed by atoms with Crippen molar-refractivity contribution in [1.29, 1.82) is 0 Å². The van der Waals surface area contributed by atoms with E-state index in [0.717, 1.165) is 31.5 Å². The van der Waals surface area contributed by atoms with Gasteiger partial charge in [-0.05, 0) is 26.1 Å². The van der Waals surface area contributed by atoms with Crippen molar-refractivity contribution in [1.82, 2.24) is 20.4 Å². The van der Waals surface area contributed by atoms with Crippen LogP contribution in [-0.4, -0.2) is 56.4 Å². The molecule has 8 nitrogen and oxygen atoms in total. The fourth-order valence-electron chi connectivity index (χ4n) is 2.70. The number of anilines is 1. The van der Waals surface area contributed by atoms with Crippen LogP contribution < -0.4 is 10.0 Å². The molecule has 2 heterocycles. The number of benzene rings is 1. The van der Waals surface area contributed by atoms with Crippen LogP contribution in [0.3, 0.4) is 0 Å². The van der Waals surface area contributed by atoms with Gasteiger partial charge in [-0.1, -0.05) is 16.8 Å². The van der Waals surface area contributed by atoms with Crippen LogP contribution in [-0.2, 0) is 10.0 Å². The van der Waals surface area contributed by atoms with Gasteiger partial charge in [0.1, 0.15) is 0 Å². The van der Waals surface area contributed by atoms with E-state index >= 15 is 0 Å². The molecule has 25 heavy (non-hydrogen) atoms. The molecule has 1 aromatic carbocycles. The summed E-state index contributed by atoms with van der Waals surface area (Å²) in [5.74, 6) is 0.894. The second kappa shape index (κ2) is 7.69. The van der Waals surface area contributed by atoms with Crippen LogP contribution in [0.1, 0.15) is 17.4 Å². The molecule has 3 rings (SSSR count). The summed E-state index contributed by atoms with van der Waals surface area (Å²) in [5, 5.41) is 7.40. The van der Waals surface area contributed by atoms with E-state index in [-0.39, 0.29) is 18.4 Å². The number of hydrogen-bond donors (Lipinski definition) is 2. The minimum absolute atomic E-state index is 0. The highest BCUT2D eigenvalue weighted by molar-refractivity contribution is 7.92. The van der Waals surface area contributed by atoms with Gasteiger partial charge in [-0.2, -0.15) is 4.98 Å². The average Bonchev–Trinajstić information content (AvgIpc) is 2.98. The topological polar surface area (TPSA) is 100 Å². The maximum Gasteiger partial charge on any atom is 0.260 e. The number of aryl methyl sites for hydroxylation is 1. The first-order chi connectivity index (χ1) is 11.3. The van der Waals surface area contributed by atoms with E-state index in [1.54, 1.807) is 6.07 Å². The first-order valence-corrected chi connectivity index (χ1v) is 9.56. The highest BCUT2D eigenvalue weighted by Gasteiger charge is 2.26. The molecule has 0 aliphatic carbocycles. The molecule has 1 aliphatic rings. The SMILES string of the molecule is Cc1ccc(NS(C)(=O)=O)c(-c2nc(C3CNCCN3C)no2)c1.Cl. The Labute approximate surface area is 153 Å². The van der Waals surface area contributed by atoms with Gasteiger partial charge in [0.15, 0.2) is 5.82 Å². The Balaban J connectivity index is 0.00000225. The van der Waals surface area contributed by atoms with Crippen molar-refractivity contribution in [3.05, 3.63) is 29.6 Å². The zero-order valence-electron chi connectivity index (χ0n) is 14.3. The number of nitrogens with one attached hydrogen (secondary N) is 2. The molecule has 0 bridgehead atoms. The molecule has 138 valence electrons. The van der Waals surface area contributed by atoms with Gasteiger partial charge in [-0.15, -0.1) is 12.4 Å². The van der Waals surface area contributed by atoms with Crippen molar-refractivity contribution >= 4 is 28.1 Å². The number of sulfonamides is 1. The van der Waals surface area contributed by atoms with E-state index in [9.17, 15) is 8.42 Å². The molecule has 1 atom stereocenters. The summed E-state index contributed by atoms with van der Waals surface area (Å²) in [6.45, 7) is 4.50. The lowest BCUT2D eigenvalue weighted by Crippen LogP contribution is -2.44. The summed E-state index contributed by atoms with van der Waals surface area (Å²) in [7, 11) is -1.38. The fraction of sp³-hybridized carbons (Fsp3) is 0.467. The second-order valence-electron chi connectivity index (χ2n) is 6.08. The largest absolute Gasteiger partial charge is 0.334 e. The molecule has 1 saturated heterocycles. The molecular weight excluding hydrogens is 366 g/mol. The number of likely N-dealkylation sites (N-methyl/N-ethyl adjacent to an activating group) is 1. The summed E-state index contributed by atoms with van der Waals surface area (Å²) >= 11 is 0. The van der Waals surface area contributed by atoms with E-state index in [1.807, 2.05) is 26.1 Å². The predicted molar refractivity (Wildman–Crippen MR) is 98.4 cm³/mol. The van der Waals surface area contributed by atoms with Crippen molar-refractivity contribution in [3.63, 3.8) is 0 Å². The lowest BCUT2D eigenvalue weighted by molar-refractivity contribution is 0.190. The van der Waals surface area contributed by atoms with Gasteiger partial charge < -0.3 is 9.84 Å². The number of halogens is 1. The van der Waals surface area contributed by atoms with E-state index in [1.165, 1.54) is 0 Å². The van der Waals surface area contributed by atoms with Gasteiger partial charge in [0.05, 0.1) is 23.5 Å². The average molecular weight is 388 g/mol. The van der Waals surface area contributed by atoms with Crippen molar-refractivity contribution in [3.8, 4) is 11.5 Å². The van der Waals surface area contributed by atoms with Crippen LogP contribution in [0.4, 0.5) is 5.69 Å². The van der Waals surface area contributed by atoms with Crippen LogP contribution in [0.5, 0.6) is 0 Å². The lowest BCUT2D eigenvalue weighted by Gasteiger charge is -2.30. The third kappa shape index (κ3) is 4.69. The molecule has 1 unspecified atom stereocenters. The van der Waals surface area contributed by atoms with Gasteiger partial charge in [-0.25, -0.2) is 8.42 Å². The van der Waals surface area contributed by atoms with E-state index in [2.05, 4.69) is 25.1 Å². The van der Waals surface area contributed by atoms with Crippen LogP contribution in [0.25, 0.3) is 11.5 Å². The summed E-state index contributed by atoms with van der Waals surface area (Å²) in [6, 6.07) is 5.39. The maximum absolute atomic E-state index is 11.6. The standard InChI is InChI=1S/C15H21N5O3S.ClH/c1-10-4-5-12(19-24(3,21)22)11(8-10)15-17-14(18-23-15)13-9-16-6-7-20(13)2;/h4-5,8,13,16,19H,6-7,9H2,1-3H3;1H. The number of hydrogen-bond acceptors (Lipinski definition) is 7. The van der Waals surface area contributed by atoms with Gasteiger partial charge >= 0.3 is 0 Å². The minimum Gasteiger partial charge on any atom is -0.334 e. The normalized spacial score (nSPS) is 18.6. The van der Waals surface area contributed by atoms with Crippen LogP contribution in [0, 0.1) is 6.92 Å². The summed E-state index contributed by atoms with van der Waals surface area (Å²) in [4.78, 5) is 6.66. The van der Waals surface area contributed by atoms with Gasteiger partial charge in [-0.3, -0.25) is 9.62 Å². The third-order valence-corrected chi connectivity index (χ3v) is 4.54. The monoisotopic (exact) mass is 387 g/mol. The summed E-state index contributed by atoms with van der Waals surface area (Å²) < 4.78 is 31.1. The van der Waals surface area contributed by atoms with Gasteiger partial charge in [0.25, 0.3) is 5.89 Å². The lowest BCUT2D eigenvalue weighted by atomic mass is 10.1. The molecule has 0 radical (unpaired) electrons. The molecule has 0 spiro atoms. The molecule has 0 amide bonds. The molecule has 1 fully saturated rings. The quantitative estimate of drug-likeness (QED) is 0.818. The molecule has 0 saturated carbocycles. The molecule has 10 heteroatoms. The van der Waals surface area contributed by atoms with Crippen molar-refractivity contribution in [2.24, 2.45) is 0 Å². The molecule has 2 N–H and O–H groups in total. The Morgan fingerprint density at radius 3 is 2.84 bits per heavy atom. The first-order valence-electron chi connectivity index (χ1n) is 7.67. The van der Waals surface area contributed by atoms with E-state index in [4.69, 9.17) is 4.52 Å². The molecule has 2 aromatic rings. The molecule has 1 aliphatic heterocycles. The van der Waals surface area contributed by atoms with Gasteiger partial charge in [0.2, 0.25) is 10.0 Å². The summed E-state index contributed by atoms with van der Waals surface area (Å²) in [5.41, 5.74) is 1.97. The van der Waals surface area contributed by atoms with Gasteiger partial charge in [0, 0.05) is 19.6 Å². The van der Waals surface area contributed by atoms with Crippen LogP contribution in [0.2, 0.25) is 0 Å². The Morgan fingerprint density at radius 2 is 2.16 bits per heavy atom. The predicted octanol–water partition coefficient (Wildman–Crippen LogP) is 1.41. The van der Waals surface area contributed by atoms with E-state index < -0.39 is 10.0 Å². The van der Waals surface area contributed by atoms with Crippen molar-refractivity contribution in [2.75, 3.05) is 37.7 Å². The van der Waals surface area contributed by atoms with Crippen LogP contribution in [0.15, 0.2) is 22.7 Å². The zero-order valence-corrected chi connectivity index (χ0v) is 15.9. The number of nitrogens with zero attached hydrogens (tertiary/aromatic N) is 3. The van der Waals surface area contributed by atoms with Crippen molar-refractivity contribution in [2.45, 2.75) is 13.0 Å². The smallest absolute Gasteiger partial charge is 0.260 e. The number of rotatable bonds is 4. The molecular formula is C15H22ClN5O3S. The number of aromatic nitrogens is 2. The van der Waals surface area contributed by atoms with Crippen LogP contribution >= 0.6 is 12.4 Å². The Kier molecular flexibility index (Phi) is 6.04. The number of piperazine rings is 1. The maximum atomic E-state index is 11.6. The fourth-order valence-corrected chi connectivity index (χ4v) is 3.28. The van der Waals surface area contributed by atoms with E-state index in [0.29, 0.717) is 23.0 Å². The Morgan fingerprint density at radius 1 is 1.40 bits per heavy atom. The van der Waals surface area contributed by atoms with Crippen molar-refractivity contribution < 1.29 is 12.9 Å². The second-order valence-corrected chi connectivity index (χ2v) is 7.83.